The molecule has 1 aromatic rings. The van der Waals surface area contributed by atoms with Crippen molar-refractivity contribution in [1.29, 1.82) is 0 Å². The predicted octanol–water partition coefficient (Wildman–Crippen LogP) is 3.56. The van der Waals surface area contributed by atoms with Crippen molar-refractivity contribution in [2.24, 2.45) is 0 Å². The lowest BCUT2D eigenvalue weighted by molar-refractivity contribution is 0.166. The van der Waals surface area contributed by atoms with Crippen LogP contribution in [-0.2, 0) is 0 Å². The van der Waals surface area contributed by atoms with Crippen LogP contribution in [0.15, 0.2) is 30.9 Å². The molecule has 1 saturated heterocycles. The van der Waals surface area contributed by atoms with Crippen LogP contribution in [0.25, 0.3) is 0 Å². The topological polar surface area (TPSA) is 15.3 Å². The third-order valence-corrected chi connectivity index (χ3v) is 4.17. The number of hydrogen-bond acceptors (Lipinski definition) is 2. The van der Waals surface area contributed by atoms with Crippen LogP contribution < -0.4 is 5.32 Å². The van der Waals surface area contributed by atoms with E-state index < -0.39 is 0 Å². The van der Waals surface area contributed by atoms with Crippen molar-refractivity contribution in [1.82, 2.24) is 10.2 Å². The molecule has 104 valence electrons. The van der Waals surface area contributed by atoms with Crippen LogP contribution >= 0.6 is 11.6 Å². The highest BCUT2D eigenvalue weighted by Gasteiger charge is 2.24. The van der Waals surface area contributed by atoms with E-state index in [2.05, 4.69) is 29.8 Å². The number of nitrogens with one attached hydrogen (secondary N) is 1. The largest absolute Gasteiger partial charge is 0.314 e. The zero-order valence-corrected chi connectivity index (χ0v) is 12.4. The number of halogens is 1. The SMILES string of the molecule is C=CCC[C@H](c1c(C)cccc1Cl)N1CCNCC1. The second-order valence-electron chi connectivity index (χ2n) is 5.14. The Morgan fingerprint density at radius 3 is 2.79 bits per heavy atom. The molecule has 0 radical (unpaired) electrons. The second-order valence-corrected chi connectivity index (χ2v) is 5.55. The van der Waals surface area contributed by atoms with Gasteiger partial charge in [0.2, 0.25) is 0 Å². The third-order valence-electron chi connectivity index (χ3n) is 3.84. The van der Waals surface area contributed by atoms with E-state index in [-0.39, 0.29) is 0 Å². The second kappa shape index (κ2) is 7.09. The minimum Gasteiger partial charge on any atom is -0.314 e. The Bertz CT molecular complexity index is 405. The molecule has 3 heteroatoms. The van der Waals surface area contributed by atoms with Crippen LogP contribution in [0.5, 0.6) is 0 Å². The van der Waals surface area contributed by atoms with Gasteiger partial charge in [-0.2, -0.15) is 0 Å². The van der Waals surface area contributed by atoms with Gasteiger partial charge in [0.25, 0.3) is 0 Å². The maximum absolute atomic E-state index is 6.45. The number of rotatable bonds is 5. The summed E-state index contributed by atoms with van der Waals surface area (Å²) in [6.45, 7) is 10.3. The van der Waals surface area contributed by atoms with Crippen molar-refractivity contribution < 1.29 is 0 Å². The average Bonchev–Trinajstić information content (AvgIpc) is 2.43. The number of benzene rings is 1. The van der Waals surface area contributed by atoms with E-state index in [4.69, 9.17) is 11.6 Å². The number of allylic oxidation sites excluding steroid dienone is 1. The molecule has 0 aliphatic carbocycles. The summed E-state index contributed by atoms with van der Waals surface area (Å²) in [6.07, 6.45) is 4.12. The van der Waals surface area contributed by atoms with Crippen molar-refractivity contribution in [3.8, 4) is 0 Å². The lowest BCUT2D eigenvalue weighted by Gasteiger charge is -2.36. The molecule has 0 bridgehead atoms. The van der Waals surface area contributed by atoms with E-state index in [9.17, 15) is 0 Å². The standard InChI is InChI=1S/C16H23ClN2/c1-3-4-8-15(19-11-9-18-10-12-19)16-13(2)6-5-7-14(16)17/h3,5-7,15,18H,1,4,8-12H2,2H3/t15-/m1/s1. The van der Waals surface area contributed by atoms with Crippen LogP contribution in [0.4, 0.5) is 0 Å². The van der Waals surface area contributed by atoms with Gasteiger partial charge in [0.05, 0.1) is 0 Å². The molecule has 0 spiro atoms. The highest BCUT2D eigenvalue weighted by Crippen LogP contribution is 2.33. The first-order chi connectivity index (χ1) is 9.24. The highest BCUT2D eigenvalue weighted by atomic mass is 35.5. The smallest absolute Gasteiger partial charge is 0.0456 e. The Kier molecular flexibility index (Phi) is 5.44. The third kappa shape index (κ3) is 3.59. The zero-order valence-electron chi connectivity index (χ0n) is 11.7. The van der Waals surface area contributed by atoms with Gasteiger partial charge >= 0.3 is 0 Å². The molecule has 2 rings (SSSR count). The van der Waals surface area contributed by atoms with Crippen molar-refractivity contribution in [3.63, 3.8) is 0 Å². The molecule has 1 aliphatic heterocycles. The molecule has 1 atom stereocenters. The lowest BCUT2D eigenvalue weighted by atomic mass is 9.95. The normalized spacial score (nSPS) is 18.2. The van der Waals surface area contributed by atoms with E-state index in [1.165, 1.54) is 11.1 Å². The van der Waals surface area contributed by atoms with Gasteiger partial charge in [-0.15, -0.1) is 6.58 Å². The van der Waals surface area contributed by atoms with Gasteiger partial charge in [0.15, 0.2) is 0 Å². The Morgan fingerprint density at radius 2 is 2.16 bits per heavy atom. The van der Waals surface area contributed by atoms with E-state index in [0.29, 0.717) is 6.04 Å². The summed E-state index contributed by atoms with van der Waals surface area (Å²) < 4.78 is 0. The van der Waals surface area contributed by atoms with Gasteiger partial charge in [-0.05, 0) is 37.0 Å². The van der Waals surface area contributed by atoms with Crippen LogP contribution in [0.3, 0.4) is 0 Å². The summed E-state index contributed by atoms with van der Waals surface area (Å²) in [4.78, 5) is 2.55. The van der Waals surface area contributed by atoms with E-state index >= 15 is 0 Å². The number of aryl methyl sites for hydroxylation is 1. The predicted molar refractivity (Wildman–Crippen MR) is 82.8 cm³/mol. The van der Waals surface area contributed by atoms with Gasteiger partial charge in [-0.25, -0.2) is 0 Å². The van der Waals surface area contributed by atoms with E-state index in [1.807, 2.05) is 18.2 Å². The van der Waals surface area contributed by atoms with Crippen LogP contribution in [0.2, 0.25) is 5.02 Å². The summed E-state index contributed by atoms with van der Waals surface area (Å²) in [5, 5.41) is 4.31. The summed E-state index contributed by atoms with van der Waals surface area (Å²) in [7, 11) is 0. The van der Waals surface area contributed by atoms with E-state index in [0.717, 1.165) is 44.0 Å². The maximum atomic E-state index is 6.45. The van der Waals surface area contributed by atoms with Crippen LogP contribution in [0.1, 0.15) is 30.0 Å². The molecule has 1 aliphatic rings. The number of piperazine rings is 1. The molecule has 0 aromatic heterocycles. The minimum atomic E-state index is 0.411. The summed E-state index contributed by atoms with van der Waals surface area (Å²) in [6, 6.07) is 6.61. The molecule has 0 saturated carbocycles. The van der Waals surface area contributed by atoms with Gasteiger partial charge in [0, 0.05) is 37.2 Å². The fourth-order valence-corrected chi connectivity index (χ4v) is 3.19. The Balaban J connectivity index is 2.27. The zero-order chi connectivity index (χ0) is 13.7. The van der Waals surface area contributed by atoms with Crippen molar-refractivity contribution in [3.05, 3.63) is 47.0 Å². The Morgan fingerprint density at radius 1 is 1.42 bits per heavy atom. The lowest BCUT2D eigenvalue weighted by Crippen LogP contribution is -2.45. The fourth-order valence-electron chi connectivity index (χ4n) is 2.85. The van der Waals surface area contributed by atoms with Gasteiger partial charge in [-0.3, -0.25) is 4.90 Å². The molecular weight excluding hydrogens is 256 g/mol. The number of nitrogens with zero attached hydrogens (tertiary/aromatic N) is 1. The molecule has 2 nitrogen and oxygen atoms in total. The molecule has 1 N–H and O–H groups in total. The Labute approximate surface area is 121 Å². The first kappa shape index (κ1) is 14.6. The average molecular weight is 279 g/mol. The van der Waals surface area contributed by atoms with Crippen molar-refractivity contribution in [2.45, 2.75) is 25.8 Å². The van der Waals surface area contributed by atoms with Gasteiger partial charge in [-0.1, -0.05) is 29.8 Å². The molecule has 1 heterocycles. The first-order valence-corrected chi connectivity index (χ1v) is 7.42. The van der Waals surface area contributed by atoms with Crippen LogP contribution in [0, 0.1) is 6.92 Å². The van der Waals surface area contributed by atoms with Crippen molar-refractivity contribution in [2.75, 3.05) is 26.2 Å². The maximum Gasteiger partial charge on any atom is 0.0456 e. The first-order valence-electron chi connectivity index (χ1n) is 7.04. The fraction of sp³-hybridized carbons (Fsp3) is 0.500. The minimum absolute atomic E-state index is 0.411. The van der Waals surface area contributed by atoms with Gasteiger partial charge < -0.3 is 5.32 Å². The monoisotopic (exact) mass is 278 g/mol. The molecule has 1 fully saturated rings. The molecule has 19 heavy (non-hydrogen) atoms. The summed E-state index contributed by atoms with van der Waals surface area (Å²) >= 11 is 6.45. The van der Waals surface area contributed by atoms with Crippen molar-refractivity contribution >= 4 is 11.6 Å². The molecule has 0 amide bonds. The quantitative estimate of drug-likeness (QED) is 0.829. The number of hydrogen-bond donors (Lipinski definition) is 1. The van der Waals surface area contributed by atoms with Crippen LogP contribution in [-0.4, -0.2) is 31.1 Å². The van der Waals surface area contributed by atoms with Gasteiger partial charge in [0.1, 0.15) is 0 Å². The Hall–Kier alpha value is -0.830. The summed E-state index contributed by atoms with van der Waals surface area (Å²) in [5.41, 5.74) is 2.59. The van der Waals surface area contributed by atoms with E-state index in [1.54, 1.807) is 0 Å². The molecule has 0 unspecified atom stereocenters. The highest BCUT2D eigenvalue weighted by molar-refractivity contribution is 6.31. The molecule has 1 aromatic carbocycles. The molecular formula is C16H23ClN2. The summed E-state index contributed by atoms with van der Waals surface area (Å²) in [5.74, 6) is 0.